The van der Waals surface area contributed by atoms with Crippen LogP contribution in [-0.2, 0) is 9.59 Å². The number of benzene rings is 2. The molecule has 0 aromatic heterocycles. The van der Waals surface area contributed by atoms with Crippen LogP contribution in [0.3, 0.4) is 0 Å². The Kier molecular flexibility index (Phi) is 8.32. The third-order valence-corrected chi connectivity index (χ3v) is 4.04. The summed E-state index contributed by atoms with van der Waals surface area (Å²) in [6.07, 6.45) is 1.12. The molecule has 0 saturated carbocycles. The first-order chi connectivity index (χ1) is 13.8. The summed E-state index contributed by atoms with van der Waals surface area (Å²) in [6.45, 7) is 1.62. The van der Waals surface area contributed by atoms with E-state index in [1.807, 2.05) is 24.3 Å². The molecule has 0 saturated heterocycles. The summed E-state index contributed by atoms with van der Waals surface area (Å²) in [4.78, 5) is 23.4. The fourth-order valence-electron chi connectivity index (χ4n) is 2.08. The molecule has 1 heterocycles. The van der Waals surface area contributed by atoms with Crippen LogP contribution in [0.15, 0.2) is 59.6 Å². The van der Waals surface area contributed by atoms with Crippen LogP contribution in [0.4, 0.5) is 5.69 Å². The highest BCUT2D eigenvalue weighted by atomic mass is 35.5. The number of para-hydroxylation sites is 2. The molecular weight excluding hydrogens is 421 g/mol. The third kappa shape index (κ3) is 7.73. The summed E-state index contributed by atoms with van der Waals surface area (Å²) in [6, 6.07) is 12.8. The molecule has 4 N–H and O–H groups in total. The third-order valence-electron chi connectivity index (χ3n) is 3.30. The highest BCUT2D eigenvalue weighted by Crippen LogP contribution is 2.32. The Balaban J connectivity index is 0.000000321. The van der Waals surface area contributed by atoms with Crippen LogP contribution in [0, 0.1) is 0 Å². The SMILES string of the molecule is Clc1ccc(Oc2ccccc2NC2=NCCN2)cc1Cl.O=C(O)C=CC(=O)O. The van der Waals surface area contributed by atoms with Crippen molar-refractivity contribution in [3.63, 3.8) is 0 Å². The topological polar surface area (TPSA) is 120 Å². The van der Waals surface area contributed by atoms with Crippen LogP contribution < -0.4 is 15.4 Å². The van der Waals surface area contributed by atoms with Crippen molar-refractivity contribution in [3.05, 3.63) is 64.7 Å². The quantitative estimate of drug-likeness (QED) is 0.523. The molecule has 152 valence electrons. The molecule has 10 heteroatoms. The normalized spacial score (nSPS) is 12.4. The first kappa shape index (κ1) is 22.1. The van der Waals surface area contributed by atoms with Gasteiger partial charge in [0.05, 0.1) is 22.3 Å². The predicted octanol–water partition coefficient (Wildman–Crippen LogP) is 3.87. The predicted molar refractivity (Wildman–Crippen MR) is 111 cm³/mol. The average Bonchev–Trinajstić information content (AvgIpc) is 3.18. The molecule has 0 amide bonds. The van der Waals surface area contributed by atoms with Gasteiger partial charge in [0.1, 0.15) is 5.75 Å². The number of nitrogens with one attached hydrogen (secondary N) is 2. The second kappa shape index (κ2) is 10.9. The number of nitrogens with zero attached hydrogens (tertiary/aromatic N) is 1. The molecule has 1 aliphatic rings. The highest BCUT2D eigenvalue weighted by molar-refractivity contribution is 6.42. The van der Waals surface area contributed by atoms with Crippen molar-refractivity contribution >= 4 is 46.8 Å². The molecule has 0 unspecified atom stereocenters. The van der Waals surface area contributed by atoms with Crippen LogP contribution in [0.1, 0.15) is 0 Å². The van der Waals surface area contributed by atoms with E-state index >= 15 is 0 Å². The second-order valence-electron chi connectivity index (χ2n) is 5.47. The molecule has 0 bridgehead atoms. The van der Waals surface area contributed by atoms with E-state index in [4.69, 9.17) is 38.2 Å². The minimum absolute atomic E-state index is 0.460. The smallest absolute Gasteiger partial charge is 0.328 e. The van der Waals surface area contributed by atoms with Crippen molar-refractivity contribution in [2.45, 2.75) is 0 Å². The van der Waals surface area contributed by atoms with Gasteiger partial charge in [0.15, 0.2) is 11.7 Å². The first-order valence-electron chi connectivity index (χ1n) is 8.26. The molecule has 2 aromatic rings. The molecular formula is C19H17Cl2N3O5. The van der Waals surface area contributed by atoms with E-state index in [9.17, 15) is 9.59 Å². The van der Waals surface area contributed by atoms with Gasteiger partial charge in [0, 0.05) is 24.8 Å². The van der Waals surface area contributed by atoms with Gasteiger partial charge in [0.25, 0.3) is 0 Å². The Morgan fingerprint density at radius 2 is 1.76 bits per heavy atom. The fraction of sp³-hybridized carbons (Fsp3) is 0.105. The number of carboxylic acids is 2. The van der Waals surface area contributed by atoms with Gasteiger partial charge in [-0.05, 0) is 24.3 Å². The van der Waals surface area contributed by atoms with Crippen molar-refractivity contribution in [2.24, 2.45) is 4.99 Å². The first-order valence-corrected chi connectivity index (χ1v) is 9.02. The van der Waals surface area contributed by atoms with Crippen LogP contribution in [0.25, 0.3) is 0 Å². The Hall–Kier alpha value is -3.23. The molecule has 0 fully saturated rings. The maximum Gasteiger partial charge on any atom is 0.328 e. The summed E-state index contributed by atoms with van der Waals surface area (Å²) in [5, 5.41) is 23.0. The van der Waals surface area contributed by atoms with Crippen molar-refractivity contribution in [1.29, 1.82) is 0 Å². The number of aliphatic imine (C=N–C) groups is 1. The lowest BCUT2D eigenvalue weighted by Crippen LogP contribution is -2.26. The maximum absolute atomic E-state index is 9.55. The summed E-state index contributed by atoms with van der Waals surface area (Å²) in [7, 11) is 0. The highest BCUT2D eigenvalue weighted by Gasteiger charge is 2.10. The zero-order valence-corrected chi connectivity index (χ0v) is 16.4. The zero-order valence-electron chi connectivity index (χ0n) is 14.9. The minimum Gasteiger partial charge on any atom is -0.478 e. The number of guanidine groups is 1. The lowest BCUT2D eigenvalue weighted by atomic mass is 10.3. The van der Waals surface area contributed by atoms with Gasteiger partial charge < -0.3 is 25.6 Å². The van der Waals surface area contributed by atoms with Gasteiger partial charge in [-0.15, -0.1) is 0 Å². The zero-order chi connectivity index (χ0) is 21.2. The second-order valence-corrected chi connectivity index (χ2v) is 6.28. The molecule has 0 radical (unpaired) electrons. The van der Waals surface area contributed by atoms with Crippen LogP contribution in [0.5, 0.6) is 11.5 Å². The van der Waals surface area contributed by atoms with Gasteiger partial charge in [-0.1, -0.05) is 35.3 Å². The number of ether oxygens (including phenoxy) is 1. The molecule has 2 aromatic carbocycles. The molecule has 0 atom stereocenters. The molecule has 0 spiro atoms. The number of halogens is 2. The largest absolute Gasteiger partial charge is 0.478 e. The van der Waals surface area contributed by atoms with Gasteiger partial charge in [-0.2, -0.15) is 0 Å². The number of carbonyl (C=O) groups is 2. The Morgan fingerprint density at radius 3 is 2.34 bits per heavy atom. The average molecular weight is 438 g/mol. The summed E-state index contributed by atoms with van der Waals surface area (Å²) in [5.74, 6) is -0.452. The number of rotatable bonds is 5. The number of carboxylic acid groups (broad SMARTS) is 2. The fourth-order valence-corrected chi connectivity index (χ4v) is 2.37. The standard InChI is InChI=1S/C15H13Cl2N3O.C4H4O4/c16-11-6-5-10(9-12(11)17)21-14-4-2-1-3-13(14)20-15-18-7-8-19-15;5-3(6)1-2-4(7)8/h1-6,9H,7-8H2,(H2,18,19,20);1-2H,(H,5,6)(H,7,8). The van der Waals surface area contributed by atoms with Gasteiger partial charge >= 0.3 is 11.9 Å². The Labute approximate surface area is 176 Å². The van der Waals surface area contributed by atoms with Gasteiger partial charge in [-0.25, -0.2) is 9.59 Å². The van der Waals surface area contributed by atoms with E-state index < -0.39 is 11.9 Å². The van der Waals surface area contributed by atoms with E-state index in [1.54, 1.807) is 18.2 Å². The van der Waals surface area contributed by atoms with E-state index in [1.165, 1.54) is 0 Å². The van der Waals surface area contributed by atoms with Crippen molar-refractivity contribution < 1.29 is 24.5 Å². The minimum atomic E-state index is -1.26. The number of hydrogen-bond acceptors (Lipinski definition) is 6. The number of hydrogen-bond donors (Lipinski definition) is 4. The Bertz CT molecular complexity index is 931. The van der Waals surface area contributed by atoms with Crippen LogP contribution in [-0.4, -0.2) is 41.2 Å². The monoisotopic (exact) mass is 437 g/mol. The summed E-state index contributed by atoms with van der Waals surface area (Å²) < 4.78 is 5.87. The van der Waals surface area contributed by atoms with E-state index in [0.717, 1.165) is 24.7 Å². The molecule has 29 heavy (non-hydrogen) atoms. The van der Waals surface area contributed by atoms with Crippen LogP contribution >= 0.6 is 23.2 Å². The van der Waals surface area contributed by atoms with E-state index in [2.05, 4.69) is 15.6 Å². The maximum atomic E-state index is 9.55. The lowest BCUT2D eigenvalue weighted by Gasteiger charge is -2.13. The number of anilines is 1. The molecule has 3 rings (SSSR count). The van der Waals surface area contributed by atoms with Crippen molar-refractivity contribution in [2.75, 3.05) is 18.4 Å². The summed E-state index contributed by atoms with van der Waals surface area (Å²) in [5.41, 5.74) is 0.830. The molecule has 8 nitrogen and oxygen atoms in total. The number of aliphatic carboxylic acids is 2. The van der Waals surface area contributed by atoms with Crippen molar-refractivity contribution in [3.8, 4) is 11.5 Å². The van der Waals surface area contributed by atoms with E-state index in [-0.39, 0.29) is 0 Å². The van der Waals surface area contributed by atoms with Gasteiger partial charge in [0.2, 0.25) is 0 Å². The lowest BCUT2D eigenvalue weighted by molar-refractivity contribution is -0.134. The van der Waals surface area contributed by atoms with Gasteiger partial charge in [-0.3, -0.25) is 4.99 Å². The van der Waals surface area contributed by atoms with Crippen LogP contribution in [0.2, 0.25) is 10.0 Å². The van der Waals surface area contributed by atoms with Crippen molar-refractivity contribution in [1.82, 2.24) is 5.32 Å². The molecule has 1 aliphatic heterocycles. The molecule has 0 aliphatic carbocycles. The van der Waals surface area contributed by atoms with E-state index in [0.29, 0.717) is 33.7 Å². The Morgan fingerprint density at radius 1 is 1.07 bits per heavy atom. The summed E-state index contributed by atoms with van der Waals surface area (Å²) >= 11 is 11.9.